The molecule has 1 aliphatic rings. The van der Waals surface area contributed by atoms with Gasteiger partial charge in [-0.15, -0.1) is 0 Å². The third kappa shape index (κ3) is 4.17. The molecule has 0 saturated carbocycles. The molecule has 2 heterocycles. The Labute approximate surface area is 117 Å². The van der Waals surface area contributed by atoms with Gasteiger partial charge in [0.25, 0.3) is 0 Å². The van der Waals surface area contributed by atoms with Gasteiger partial charge in [-0.05, 0) is 6.42 Å². The summed E-state index contributed by atoms with van der Waals surface area (Å²) in [6.07, 6.45) is 2.02. The third-order valence-electron chi connectivity index (χ3n) is 3.07. The predicted molar refractivity (Wildman–Crippen MR) is 73.5 cm³/mol. The van der Waals surface area contributed by atoms with Crippen LogP contribution in [-0.4, -0.2) is 52.0 Å². The van der Waals surface area contributed by atoms with Crippen LogP contribution in [0.1, 0.15) is 26.2 Å². The molecule has 1 aromatic heterocycles. The van der Waals surface area contributed by atoms with Crippen molar-refractivity contribution in [2.75, 3.05) is 37.4 Å². The number of nitrogens with one attached hydrogen (secondary N) is 1. The summed E-state index contributed by atoms with van der Waals surface area (Å²) in [5.41, 5.74) is 4.81. The maximum atomic E-state index is 10.3. The van der Waals surface area contributed by atoms with Gasteiger partial charge < -0.3 is 25.6 Å². The fourth-order valence-corrected chi connectivity index (χ4v) is 1.88. The van der Waals surface area contributed by atoms with Gasteiger partial charge in [-0.2, -0.15) is 15.0 Å². The van der Waals surface area contributed by atoms with Crippen LogP contribution in [0.5, 0.6) is 6.01 Å². The molecule has 1 saturated heterocycles. The fraction of sp³-hybridized carbons (Fsp3) is 0.750. The highest BCUT2D eigenvalue weighted by Crippen LogP contribution is 2.21. The summed E-state index contributed by atoms with van der Waals surface area (Å²) in [4.78, 5) is 12.0. The zero-order valence-corrected chi connectivity index (χ0v) is 11.6. The van der Waals surface area contributed by atoms with Crippen molar-refractivity contribution in [1.29, 1.82) is 0 Å². The third-order valence-corrected chi connectivity index (χ3v) is 3.07. The molecule has 8 nitrogen and oxygen atoms in total. The van der Waals surface area contributed by atoms with E-state index in [2.05, 4.69) is 20.3 Å². The van der Waals surface area contributed by atoms with E-state index in [4.69, 9.17) is 15.2 Å². The van der Waals surface area contributed by atoms with Crippen molar-refractivity contribution >= 4 is 11.9 Å². The number of ether oxygens (including phenoxy) is 2. The molecule has 1 aliphatic heterocycles. The van der Waals surface area contributed by atoms with Crippen LogP contribution < -0.4 is 15.8 Å². The standard InChI is InChI=1S/C12H21N5O3/c1-2-5-20-11-16-9(13)15-10(17-11)14-8-12(18)3-6-19-7-4-12/h18H,2-8H2,1H3,(H3,13,14,15,16,17). The second-order valence-corrected chi connectivity index (χ2v) is 4.84. The van der Waals surface area contributed by atoms with Crippen LogP contribution in [0.15, 0.2) is 0 Å². The predicted octanol–water partition coefficient (Wildman–Crippen LogP) is 0.196. The summed E-state index contributed by atoms with van der Waals surface area (Å²) in [5.74, 6) is 0.399. The maximum absolute atomic E-state index is 10.3. The second-order valence-electron chi connectivity index (χ2n) is 4.84. The van der Waals surface area contributed by atoms with Crippen LogP contribution in [0.3, 0.4) is 0 Å². The van der Waals surface area contributed by atoms with Gasteiger partial charge in [-0.3, -0.25) is 0 Å². The Hall–Kier alpha value is -1.67. The second kappa shape index (κ2) is 6.67. The van der Waals surface area contributed by atoms with Gasteiger partial charge >= 0.3 is 6.01 Å². The molecule has 1 fully saturated rings. The smallest absolute Gasteiger partial charge is 0.323 e. The number of rotatable bonds is 6. The van der Waals surface area contributed by atoms with Crippen LogP contribution in [0.2, 0.25) is 0 Å². The van der Waals surface area contributed by atoms with Crippen molar-refractivity contribution in [3.63, 3.8) is 0 Å². The number of aliphatic hydroxyl groups is 1. The Morgan fingerprint density at radius 1 is 1.35 bits per heavy atom. The SMILES string of the molecule is CCCOc1nc(N)nc(NCC2(O)CCOCC2)n1. The van der Waals surface area contributed by atoms with E-state index in [0.717, 1.165) is 6.42 Å². The van der Waals surface area contributed by atoms with Crippen molar-refractivity contribution < 1.29 is 14.6 Å². The monoisotopic (exact) mass is 283 g/mol. The number of nitrogens with zero attached hydrogens (tertiary/aromatic N) is 3. The molecule has 0 amide bonds. The highest BCUT2D eigenvalue weighted by molar-refractivity contribution is 5.33. The first-order valence-corrected chi connectivity index (χ1v) is 6.80. The van der Waals surface area contributed by atoms with E-state index in [1.807, 2.05) is 6.92 Å². The highest BCUT2D eigenvalue weighted by Gasteiger charge is 2.29. The maximum Gasteiger partial charge on any atom is 0.323 e. The number of anilines is 2. The first-order valence-electron chi connectivity index (χ1n) is 6.80. The molecule has 0 aromatic carbocycles. The molecule has 20 heavy (non-hydrogen) atoms. The van der Waals surface area contributed by atoms with Crippen LogP contribution >= 0.6 is 0 Å². The average Bonchev–Trinajstić information content (AvgIpc) is 2.43. The molecule has 0 bridgehead atoms. The molecule has 0 atom stereocenters. The van der Waals surface area contributed by atoms with E-state index >= 15 is 0 Å². The van der Waals surface area contributed by atoms with Crippen LogP contribution in [-0.2, 0) is 4.74 Å². The van der Waals surface area contributed by atoms with Crippen molar-refractivity contribution in [1.82, 2.24) is 15.0 Å². The molecule has 0 unspecified atom stereocenters. The van der Waals surface area contributed by atoms with E-state index < -0.39 is 5.60 Å². The molecule has 0 spiro atoms. The van der Waals surface area contributed by atoms with Crippen molar-refractivity contribution in [3.05, 3.63) is 0 Å². The van der Waals surface area contributed by atoms with Crippen molar-refractivity contribution in [3.8, 4) is 6.01 Å². The number of aromatic nitrogens is 3. The Bertz CT molecular complexity index is 437. The minimum absolute atomic E-state index is 0.0903. The summed E-state index contributed by atoms with van der Waals surface area (Å²) in [6.45, 7) is 3.96. The molecule has 2 rings (SSSR count). The average molecular weight is 283 g/mol. The summed E-state index contributed by atoms with van der Waals surface area (Å²) < 4.78 is 10.6. The fourth-order valence-electron chi connectivity index (χ4n) is 1.88. The molecule has 8 heteroatoms. The molecule has 112 valence electrons. The Balaban J connectivity index is 1.96. The van der Waals surface area contributed by atoms with Gasteiger partial charge in [0, 0.05) is 32.6 Å². The topological polar surface area (TPSA) is 115 Å². The van der Waals surface area contributed by atoms with Crippen molar-refractivity contribution in [2.24, 2.45) is 0 Å². The largest absolute Gasteiger partial charge is 0.463 e. The molecule has 0 radical (unpaired) electrons. The van der Waals surface area contributed by atoms with E-state index in [1.54, 1.807) is 0 Å². The van der Waals surface area contributed by atoms with Gasteiger partial charge in [0.2, 0.25) is 11.9 Å². The lowest BCUT2D eigenvalue weighted by Gasteiger charge is -2.32. The van der Waals surface area contributed by atoms with E-state index in [9.17, 15) is 5.11 Å². The summed E-state index contributed by atoms with van der Waals surface area (Å²) >= 11 is 0. The summed E-state index contributed by atoms with van der Waals surface area (Å²) in [6, 6.07) is 0.195. The lowest BCUT2D eigenvalue weighted by atomic mass is 9.94. The van der Waals surface area contributed by atoms with Gasteiger partial charge in [-0.25, -0.2) is 0 Å². The number of hydrogen-bond acceptors (Lipinski definition) is 8. The van der Waals surface area contributed by atoms with Crippen molar-refractivity contribution in [2.45, 2.75) is 31.8 Å². The lowest BCUT2D eigenvalue weighted by molar-refractivity contribution is -0.0544. The Morgan fingerprint density at radius 2 is 2.10 bits per heavy atom. The Kier molecular flexibility index (Phi) is 4.91. The van der Waals surface area contributed by atoms with Crippen LogP contribution in [0.4, 0.5) is 11.9 Å². The molecule has 4 N–H and O–H groups in total. The lowest BCUT2D eigenvalue weighted by Crippen LogP contribution is -2.42. The number of hydrogen-bond donors (Lipinski definition) is 3. The molecular weight excluding hydrogens is 262 g/mol. The molecular formula is C12H21N5O3. The summed E-state index contributed by atoms with van der Waals surface area (Å²) in [5, 5.41) is 13.3. The minimum Gasteiger partial charge on any atom is -0.463 e. The van der Waals surface area contributed by atoms with Gasteiger partial charge in [-0.1, -0.05) is 6.92 Å². The van der Waals surface area contributed by atoms with Crippen LogP contribution in [0, 0.1) is 0 Å². The van der Waals surface area contributed by atoms with Gasteiger partial charge in [0.1, 0.15) is 0 Å². The quantitative estimate of drug-likeness (QED) is 0.678. The summed E-state index contributed by atoms with van der Waals surface area (Å²) in [7, 11) is 0. The van der Waals surface area contributed by atoms with Crippen LogP contribution in [0.25, 0.3) is 0 Å². The minimum atomic E-state index is -0.802. The zero-order valence-electron chi connectivity index (χ0n) is 11.6. The van der Waals surface area contributed by atoms with E-state index in [-0.39, 0.29) is 12.0 Å². The normalized spacial score (nSPS) is 17.7. The first-order chi connectivity index (χ1) is 9.61. The number of nitrogen functional groups attached to an aromatic ring is 1. The highest BCUT2D eigenvalue weighted by atomic mass is 16.5. The Morgan fingerprint density at radius 3 is 2.80 bits per heavy atom. The van der Waals surface area contributed by atoms with E-state index in [1.165, 1.54) is 0 Å². The van der Waals surface area contributed by atoms with E-state index in [0.29, 0.717) is 45.2 Å². The molecule has 0 aliphatic carbocycles. The number of nitrogens with two attached hydrogens (primary N) is 1. The first kappa shape index (κ1) is 14.7. The van der Waals surface area contributed by atoms with Gasteiger partial charge in [0.05, 0.1) is 12.2 Å². The zero-order chi connectivity index (χ0) is 14.4. The molecule has 1 aromatic rings. The van der Waals surface area contributed by atoms with Gasteiger partial charge in [0.15, 0.2) is 0 Å².